The Bertz CT molecular complexity index is 179. The van der Waals surface area contributed by atoms with Gasteiger partial charge in [-0.1, -0.05) is 6.92 Å². The topological polar surface area (TPSA) is 92.4 Å². The minimum absolute atomic E-state index is 0.260. The maximum Gasteiger partial charge on any atom is 0.242 e. The predicted octanol–water partition coefficient (Wildman–Crippen LogP) is -1.25. The molecular weight excluding hydrogens is 160 g/mol. The molecule has 0 spiro atoms. The molecule has 0 radical (unpaired) electrons. The molecule has 0 rings (SSSR count). The molecule has 0 aliphatic carbocycles. The van der Waals surface area contributed by atoms with E-state index >= 15 is 0 Å². The highest BCUT2D eigenvalue weighted by molar-refractivity contribution is 5.86. The SMILES string of the molecule is CCC(=O)NC(C(N)=O)[C@@H](C)O. The lowest BCUT2D eigenvalue weighted by Gasteiger charge is -2.17. The van der Waals surface area contributed by atoms with Crippen LogP contribution in [0.2, 0.25) is 0 Å². The van der Waals surface area contributed by atoms with Gasteiger partial charge in [-0.25, -0.2) is 0 Å². The Hall–Kier alpha value is -1.10. The Balaban J connectivity index is 4.14. The van der Waals surface area contributed by atoms with Gasteiger partial charge in [0.2, 0.25) is 11.8 Å². The number of carbonyl (C=O) groups is 2. The highest BCUT2D eigenvalue weighted by Crippen LogP contribution is 1.92. The third-order valence-corrected chi connectivity index (χ3v) is 1.43. The number of primary amides is 1. The molecule has 0 aromatic carbocycles. The summed E-state index contributed by atoms with van der Waals surface area (Å²) < 4.78 is 0. The van der Waals surface area contributed by atoms with Crippen LogP contribution in [0, 0.1) is 0 Å². The van der Waals surface area contributed by atoms with E-state index in [9.17, 15) is 9.59 Å². The summed E-state index contributed by atoms with van der Waals surface area (Å²) in [4.78, 5) is 21.4. The molecule has 0 aromatic heterocycles. The fraction of sp³-hybridized carbons (Fsp3) is 0.714. The number of aliphatic hydroxyl groups excluding tert-OH is 1. The van der Waals surface area contributed by atoms with E-state index in [1.807, 2.05) is 0 Å². The molecule has 0 saturated carbocycles. The molecule has 70 valence electrons. The molecule has 0 saturated heterocycles. The van der Waals surface area contributed by atoms with Gasteiger partial charge in [-0.3, -0.25) is 9.59 Å². The molecule has 0 fully saturated rings. The second-order valence-corrected chi connectivity index (χ2v) is 2.54. The molecule has 5 heteroatoms. The summed E-state index contributed by atoms with van der Waals surface area (Å²) in [6.45, 7) is 3.04. The van der Waals surface area contributed by atoms with Crippen molar-refractivity contribution in [2.45, 2.75) is 32.4 Å². The molecule has 0 bridgehead atoms. The first-order valence-electron chi connectivity index (χ1n) is 3.75. The fourth-order valence-electron chi connectivity index (χ4n) is 0.705. The van der Waals surface area contributed by atoms with Crippen LogP contribution in [0.15, 0.2) is 0 Å². The van der Waals surface area contributed by atoms with E-state index in [0.29, 0.717) is 0 Å². The van der Waals surface area contributed by atoms with Crippen LogP contribution in [-0.4, -0.2) is 29.1 Å². The lowest BCUT2D eigenvalue weighted by Crippen LogP contribution is -2.50. The van der Waals surface area contributed by atoms with Gasteiger partial charge >= 0.3 is 0 Å². The van der Waals surface area contributed by atoms with Crippen LogP contribution < -0.4 is 11.1 Å². The number of hydrogen-bond donors (Lipinski definition) is 3. The fourth-order valence-corrected chi connectivity index (χ4v) is 0.705. The molecule has 0 aliphatic heterocycles. The number of hydrogen-bond acceptors (Lipinski definition) is 3. The highest BCUT2D eigenvalue weighted by Gasteiger charge is 2.21. The molecule has 12 heavy (non-hydrogen) atoms. The summed E-state index contributed by atoms with van der Waals surface area (Å²) in [5, 5.41) is 11.3. The minimum Gasteiger partial charge on any atom is -0.391 e. The quantitative estimate of drug-likeness (QED) is 0.497. The van der Waals surface area contributed by atoms with Gasteiger partial charge in [-0.15, -0.1) is 0 Å². The zero-order valence-electron chi connectivity index (χ0n) is 7.20. The molecule has 2 amide bonds. The van der Waals surface area contributed by atoms with Gasteiger partial charge < -0.3 is 16.2 Å². The van der Waals surface area contributed by atoms with Gasteiger partial charge in [0.05, 0.1) is 6.10 Å². The highest BCUT2D eigenvalue weighted by atomic mass is 16.3. The summed E-state index contributed by atoms with van der Waals surface area (Å²) in [6, 6.07) is -0.988. The molecule has 5 nitrogen and oxygen atoms in total. The predicted molar refractivity (Wildman–Crippen MR) is 43.1 cm³/mol. The van der Waals surface area contributed by atoms with Crippen molar-refractivity contribution in [3.05, 3.63) is 0 Å². The smallest absolute Gasteiger partial charge is 0.242 e. The van der Waals surface area contributed by atoms with E-state index in [0.717, 1.165) is 0 Å². The van der Waals surface area contributed by atoms with Crippen molar-refractivity contribution < 1.29 is 14.7 Å². The minimum atomic E-state index is -0.988. The van der Waals surface area contributed by atoms with Crippen LogP contribution in [0.5, 0.6) is 0 Å². The number of nitrogens with two attached hydrogens (primary N) is 1. The summed E-state index contributed by atoms with van der Waals surface area (Å²) in [5.41, 5.74) is 4.93. The normalized spacial score (nSPS) is 14.9. The van der Waals surface area contributed by atoms with Gasteiger partial charge in [0.25, 0.3) is 0 Å². The lowest BCUT2D eigenvalue weighted by molar-refractivity contribution is -0.129. The van der Waals surface area contributed by atoms with Gasteiger partial charge in [0.15, 0.2) is 0 Å². The van der Waals surface area contributed by atoms with Crippen LogP contribution in [0.1, 0.15) is 20.3 Å². The second kappa shape index (κ2) is 4.71. The van der Waals surface area contributed by atoms with Crippen molar-refractivity contribution in [2.75, 3.05) is 0 Å². The first-order valence-corrected chi connectivity index (χ1v) is 3.75. The van der Waals surface area contributed by atoms with Crippen LogP contribution in [0.3, 0.4) is 0 Å². The Morgan fingerprint density at radius 2 is 2.08 bits per heavy atom. The first-order chi connectivity index (χ1) is 5.49. The van der Waals surface area contributed by atoms with E-state index in [1.165, 1.54) is 6.92 Å². The Morgan fingerprint density at radius 1 is 1.58 bits per heavy atom. The Kier molecular flexibility index (Phi) is 4.28. The number of aliphatic hydroxyl groups is 1. The largest absolute Gasteiger partial charge is 0.391 e. The number of rotatable bonds is 4. The molecule has 0 aromatic rings. The van der Waals surface area contributed by atoms with E-state index in [1.54, 1.807) is 6.92 Å². The lowest BCUT2D eigenvalue weighted by atomic mass is 10.1. The van der Waals surface area contributed by atoms with Gasteiger partial charge in [0, 0.05) is 6.42 Å². The van der Waals surface area contributed by atoms with Crippen LogP contribution >= 0.6 is 0 Å². The third kappa shape index (κ3) is 3.34. The van der Waals surface area contributed by atoms with Crippen LogP contribution in [0.25, 0.3) is 0 Å². The zero-order chi connectivity index (χ0) is 9.72. The average molecular weight is 174 g/mol. The summed E-state index contributed by atoms with van der Waals surface area (Å²) in [7, 11) is 0. The van der Waals surface area contributed by atoms with E-state index in [4.69, 9.17) is 10.8 Å². The van der Waals surface area contributed by atoms with Crippen molar-refractivity contribution in [3.8, 4) is 0 Å². The molecule has 1 unspecified atom stereocenters. The van der Waals surface area contributed by atoms with Crippen molar-refractivity contribution in [3.63, 3.8) is 0 Å². The molecular formula is C7H14N2O3. The number of amides is 2. The molecule has 2 atom stereocenters. The second-order valence-electron chi connectivity index (χ2n) is 2.54. The van der Waals surface area contributed by atoms with Gasteiger partial charge in [-0.2, -0.15) is 0 Å². The third-order valence-electron chi connectivity index (χ3n) is 1.43. The zero-order valence-corrected chi connectivity index (χ0v) is 7.20. The van der Waals surface area contributed by atoms with Crippen molar-refractivity contribution in [2.24, 2.45) is 5.73 Å². The Morgan fingerprint density at radius 3 is 2.33 bits per heavy atom. The molecule has 0 heterocycles. The van der Waals surface area contributed by atoms with E-state index in [-0.39, 0.29) is 12.3 Å². The maximum absolute atomic E-state index is 10.8. The summed E-state index contributed by atoms with van der Waals surface area (Å²) in [6.07, 6.45) is -0.700. The monoisotopic (exact) mass is 174 g/mol. The average Bonchev–Trinajstić information content (AvgIpc) is 1.98. The molecule has 4 N–H and O–H groups in total. The van der Waals surface area contributed by atoms with E-state index < -0.39 is 18.1 Å². The van der Waals surface area contributed by atoms with Gasteiger partial charge in [0.1, 0.15) is 6.04 Å². The number of carbonyl (C=O) groups excluding carboxylic acids is 2. The molecule has 0 aliphatic rings. The van der Waals surface area contributed by atoms with Crippen molar-refractivity contribution >= 4 is 11.8 Å². The maximum atomic E-state index is 10.8. The standard InChI is InChI=1S/C7H14N2O3/c1-3-5(11)9-6(4(2)10)7(8)12/h4,6,10H,3H2,1-2H3,(H2,8,12)(H,9,11)/t4-,6?/m1/s1. The van der Waals surface area contributed by atoms with Crippen LogP contribution in [0.4, 0.5) is 0 Å². The van der Waals surface area contributed by atoms with Crippen molar-refractivity contribution in [1.82, 2.24) is 5.32 Å². The van der Waals surface area contributed by atoms with E-state index in [2.05, 4.69) is 5.32 Å². The van der Waals surface area contributed by atoms with Gasteiger partial charge in [-0.05, 0) is 6.92 Å². The summed E-state index contributed by atoms with van der Waals surface area (Å²) >= 11 is 0. The van der Waals surface area contributed by atoms with Crippen LogP contribution in [-0.2, 0) is 9.59 Å². The Labute approximate surface area is 70.9 Å². The first kappa shape index (κ1) is 10.9. The summed E-state index contributed by atoms with van der Waals surface area (Å²) in [5.74, 6) is -1.04. The number of nitrogens with one attached hydrogen (secondary N) is 1. The van der Waals surface area contributed by atoms with Crippen molar-refractivity contribution in [1.29, 1.82) is 0 Å².